The maximum absolute atomic E-state index is 12.9. The molecule has 0 radical (unpaired) electrons. The summed E-state index contributed by atoms with van der Waals surface area (Å²) in [4.78, 5) is 38.4. The van der Waals surface area contributed by atoms with Gasteiger partial charge in [0, 0.05) is 29.6 Å². The lowest BCUT2D eigenvalue weighted by Crippen LogP contribution is -2.52. The van der Waals surface area contributed by atoms with Crippen LogP contribution in [0.5, 0.6) is 0 Å². The van der Waals surface area contributed by atoms with Crippen LogP contribution in [0.2, 0.25) is 5.02 Å². The number of nitrogens with one attached hydrogen (secondary N) is 1. The van der Waals surface area contributed by atoms with Crippen molar-refractivity contribution in [2.75, 3.05) is 13.1 Å². The predicted molar refractivity (Wildman–Crippen MR) is 101 cm³/mol. The van der Waals surface area contributed by atoms with Crippen molar-refractivity contribution in [3.63, 3.8) is 0 Å². The molecular formula is C19H26ClN3O3. The zero-order valence-corrected chi connectivity index (χ0v) is 16.0. The first-order valence-corrected chi connectivity index (χ1v) is 9.30. The van der Waals surface area contributed by atoms with Crippen molar-refractivity contribution >= 4 is 29.3 Å². The van der Waals surface area contributed by atoms with Gasteiger partial charge in [-0.1, -0.05) is 25.4 Å². The van der Waals surface area contributed by atoms with Crippen LogP contribution >= 0.6 is 11.6 Å². The molecule has 0 unspecified atom stereocenters. The maximum Gasteiger partial charge on any atom is 0.251 e. The highest BCUT2D eigenvalue weighted by Crippen LogP contribution is 2.19. The average molecular weight is 380 g/mol. The van der Waals surface area contributed by atoms with Crippen LogP contribution in [0.1, 0.15) is 43.5 Å². The van der Waals surface area contributed by atoms with Gasteiger partial charge in [-0.15, -0.1) is 0 Å². The van der Waals surface area contributed by atoms with E-state index in [0.29, 0.717) is 42.9 Å². The van der Waals surface area contributed by atoms with Gasteiger partial charge < -0.3 is 16.0 Å². The van der Waals surface area contributed by atoms with Crippen LogP contribution < -0.4 is 11.1 Å². The highest BCUT2D eigenvalue weighted by molar-refractivity contribution is 6.30. The van der Waals surface area contributed by atoms with Gasteiger partial charge >= 0.3 is 0 Å². The van der Waals surface area contributed by atoms with Gasteiger partial charge in [0.2, 0.25) is 11.8 Å². The summed E-state index contributed by atoms with van der Waals surface area (Å²) < 4.78 is 0. The van der Waals surface area contributed by atoms with Gasteiger partial charge in [0.1, 0.15) is 6.04 Å². The summed E-state index contributed by atoms with van der Waals surface area (Å²) in [5.41, 5.74) is 5.81. The molecule has 0 bridgehead atoms. The Balaban J connectivity index is 2.04. The number of hydrogen-bond donors (Lipinski definition) is 2. The topological polar surface area (TPSA) is 92.5 Å². The number of halogens is 1. The largest absolute Gasteiger partial charge is 0.369 e. The Morgan fingerprint density at radius 1 is 1.19 bits per heavy atom. The number of nitrogens with zero attached hydrogens (tertiary/aromatic N) is 1. The molecule has 26 heavy (non-hydrogen) atoms. The van der Waals surface area contributed by atoms with Crippen LogP contribution in [-0.4, -0.2) is 41.8 Å². The van der Waals surface area contributed by atoms with E-state index in [1.54, 1.807) is 29.2 Å². The molecule has 0 aromatic heterocycles. The van der Waals surface area contributed by atoms with E-state index in [0.717, 1.165) is 0 Å². The molecule has 1 aromatic carbocycles. The van der Waals surface area contributed by atoms with E-state index in [1.165, 1.54) is 0 Å². The number of primary amides is 1. The number of carbonyl (C=O) groups excluding carboxylic acids is 3. The highest BCUT2D eigenvalue weighted by atomic mass is 35.5. The van der Waals surface area contributed by atoms with Crippen molar-refractivity contribution in [2.24, 2.45) is 17.6 Å². The molecule has 6 nitrogen and oxygen atoms in total. The molecule has 1 saturated heterocycles. The van der Waals surface area contributed by atoms with Crippen molar-refractivity contribution < 1.29 is 14.4 Å². The number of piperidine rings is 1. The molecular weight excluding hydrogens is 354 g/mol. The normalized spacial score (nSPS) is 16.4. The third-order valence-corrected chi connectivity index (χ3v) is 4.88. The number of nitrogens with two attached hydrogens (primary N) is 1. The summed E-state index contributed by atoms with van der Waals surface area (Å²) in [5, 5.41) is 3.40. The number of hydrogen-bond acceptors (Lipinski definition) is 3. The number of likely N-dealkylation sites (tertiary alicyclic amines) is 1. The fourth-order valence-corrected chi connectivity index (χ4v) is 3.27. The molecule has 7 heteroatoms. The van der Waals surface area contributed by atoms with Gasteiger partial charge in [0.05, 0.1) is 0 Å². The summed E-state index contributed by atoms with van der Waals surface area (Å²) in [7, 11) is 0. The minimum atomic E-state index is -0.594. The van der Waals surface area contributed by atoms with E-state index in [1.807, 2.05) is 13.8 Å². The summed E-state index contributed by atoms with van der Waals surface area (Å²) in [6.45, 7) is 4.98. The monoisotopic (exact) mass is 379 g/mol. The Bertz CT molecular complexity index is 652. The third-order valence-electron chi connectivity index (χ3n) is 4.63. The number of rotatable bonds is 6. The second kappa shape index (κ2) is 9.03. The molecule has 1 aromatic rings. The predicted octanol–water partition coefficient (Wildman–Crippen LogP) is 2.21. The van der Waals surface area contributed by atoms with Crippen molar-refractivity contribution in [1.82, 2.24) is 10.2 Å². The molecule has 3 N–H and O–H groups in total. The first kappa shape index (κ1) is 20.2. The molecule has 0 aliphatic carbocycles. The standard InChI is InChI=1S/C19H26ClN3O3/c1-12(2)11-16(22-18(25)14-3-5-15(20)6-4-14)19(26)23-9-7-13(8-10-23)17(21)24/h3-6,12-13,16H,7-11H2,1-2H3,(H2,21,24)(H,22,25)/t16-/m1/s1. The zero-order valence-electron chi connectivity index (χ0n) is 15.2. The molecule has 1 heterocycles. The molecule has 1 aliphatic rings. The molecule has 0 saturated carbocycles. The molecule has 1 atom stereocenters. The van der Waals surface area contributed by atoms with Crippen molar-refractivity contribution in [3.05, 3.63) is 34.9 Å². The Kier molecular flexibility index (Phi) is 7.03. The molecule has 0 spiro atoms. The van der Waals surface area contributed by atoms with Crippen LogP contribution in [0.3, 0.4) is 0 Å². The van der Waals surface area contributed by atoms with Gasteiger partial charge in [0.15, 0.2) is 0 Å². The second-order valence-electron chi connectivity index (χ2n) is 7.16. The Hall–Kier alpha value is -2.08. The van der Waals surface area contributed by atoms with Gasteiger partial charge in [0.25, 0.3) is 5.91 Å². The number of amides is 3. The third kappa shape index (κ3) is 5.46. The SMILES string of the molecule is CC(C)C[C@@H](NC(=O)c1ccc(Cl)cc1)C(=O)N1CCC(C(N)=O)CC1. The quantitative estimate of drug-likeness (QED) is 0.793. The lowest BCUT2D eigenvalue weighted by Gasteiger charge is -2.33. The average Bonchev–Trinajstić information content (AvgIpc) is 2.60. The molecule has 1 fully saturated rings. The van der Waals surface area contributed by atoms with Crippen LogP contribution in [0.15, 0.2) is 24.3 Å². The fraction of sp³-hybridized carbons (Fsp3) is 0.526. The van der Waals surface area contributed by atoms with E-state index in [4.69, 9.17) is 17.3 Å². The first-order valence-electron chi connectivity index (χ1n) is 8.92. The van der Waals surface area contributed by atoms with Gasteiger partial charge in [-0.2, -0.15) is 0 Å². The lowest BCUT2D eigenvalue weighted by molar-refractivity contribution is -0.137. The lowest BCUT2D eigenvalue weighted by atomic mass is 9.95. The zero-order chi connectivity index (χ0) is 19.3. The minimum Gasteiger partial charge on any atom is -0.369 e. The van der Waals surface area contributed by atoms with E-state index < -0.39 is 6.04 Å². The Morgan fingerprint density at radius 3 is 2.27 bits per heavy atom. The van der Waals surface area contributed by atoms with E-state index in [9.17, 15) is 14.4 Å². The smallest absolute Gasteiger partial charge is 0.251 e. The summed E-state index contributed by atoms with van der Waals surface area (Å²) in [6, 6.07) is 5.96. The first-order chi connectivity index (χ1) is 12.3. The molecule has 3 amide bonds. The second-order valence-corrected chi connectivity index (χ2v) is 7.60. The van der Waals surface area contributed by atoms with Crippen LogP contribution in [0.25, 0.3) is 0 Å². The fourth-order valence-electron chi connectivity index (χ4n) is 3.14. The van der Waals surface area contributed by atoms with Gasteiger partial charge in [-0.3, -0.25) is 14.4 Å². The number of carbonyl (C=O) groups is 3. The van der Waals surface area contributed by atoms with Crippen molar-refractivity contribution in [1.29, 1.82) is 0 Å². The number of benzene rings is 1. The summed E-state index contributed by atoms with van der Waals surface area (Å²) in [5.74, 6) is -0.646. The minimum absolute atomic E-state index is 0.107. The van der Waals surface area contributed by atoms with Gasteiger partial charge in [-0.05, 0) is 49.4 Å². The van der Waals surface area contributed by atoms with Gasteiger partial charge in [-0.25, -0.2) is 0 Å². The molecule has 2 rings (SSSR count). The molecule has 1 aliphatic heterocycles. The van der Waals surface area contributed by atoms with E-state index in [-0.39, 0.29) is 29.6 Å². The molecule has 142 valence electrons. The summed E-state index contributed by atoms with van der Waals surface area (Å²) in [6.07, 6.45) is 1.69. The summed E-state index contributed by atoms with van der Waals surface area (Å²) >= 11 is 5.85. The Labute approximate surface area is 159 Å². The maximum atomic E-state index is 12.9. The van der Waals surface area contributed by atoms with Crippen LogP contribution in [0.4, 0.5) is 0 Å². The Morgan fingerprint density at radius 2 is 1.77 bits per heavy atom. The highest BCUT2D eigenvalue weighted by Gasteiger charge is 2.31. The van der Waals surface area contributed by atoms with E-state index in [2.05, 4.69) is 5.32 Å². The van der Waals surface area contributed by atoms with Crippen molar-refractivity contribution in [2.45, 2.75) is 39.2 Å². The van der Waals surface area contributed by atoms with Crippen LogP contribution in [0, 0.1) is 11.8 Å². The van der Waals surface area contributed by atoms with E-state index >= 15 is 0 Å². The van der Waals surface area contributed by atoms with Crippen LogP contribution in [-0.2, 0) is 9.59 Å². The van der Waals surface area contributed by atoms with Crippen molar-refractivity contribution in [3.8, 4) is 0 Å².